The monoisotopic (exact) mass is 366 g/mol. The number of piperidine rings is 1. The summed E-state index contributed by atoms with van der Waals surface area (Å²) >= 11 is 0. The van der Waals surface area contributed by atoms with Gasteiger partial charge in [0.1, 0.15) is 0 Å². The molecule has 2 aliphatic heterocycles. The van der Waals surface area contributed by atoms with Crippen LogP contribution >= 0.6 is 0 Å². The molecule has 2 atom stereocenters. The molecule has 5 nitrogen and oxygen atoms in total. The molecule has 2 aromatic rings. The lowest BCUT2D eigenvalue weighted by Gasteiger charge is -2.48. The molecule has 3 heterocycles. The summed E-state index contributed by atoms with van der Waals surface area (Å²) in [6, 6.07) is 13.9. The maximum absolute atomic E-state index is 12.6. The van der Waals surface area contributed by atoms with Crippen molar-refractivity contribution in [1.29, 1.82) is 0 Å². The number of rotatable bonds is 3. The third-order valence-electron chi connectivity index (χ3n) is 5.76. The number of likely N-dealkylation sites (tertiary alicyclic amines) is 1. The molecule has 1 aromatic heterocycles. The van der Waals surface area contributed by atoms with Crippen LogP contribution in [0, 0.1) is 0 Å². The third-order valence-corrected chi connectivity index (χ3v) is 5.76. The number of carbonyl (C=O) groups is 1. The van der Waals surface area contributed by atoms with Crippen molar-refractivity contribution in [2.75, 3.05) is 13.1 Å². The van der Waals surface area contributed by atoms with Crippen molar-refractivity contribution in [3.05, 3.63) is 66.0 Å². The Kier molecular flexibility index (Phi) is 5.23. The fourth-order valence-corrected chi connectivity index (χ4v) is 4.30. The number of nitrogens with zero attached hydrogens (tertiary/aromatic N) is 2. The third kappa shape index (κ3) is 4.20. The van der Waals surface area contributed by atoms with Gasteiger partial charge in [-0.1, -0.05) is 36.4 Å². The summed E-state index contributed by atoms with van der Waals surface area (Å²) in [6.45, 7) is 1.35. The number of amides is 1. The van der Waals surface area contributed by atoms with E-state index in [9.17, 15) is 9.90 Å². The van der Waals surface area contributed by atoms with Crippen molar-refractivity contribution in [1.82, 2.24) is 9.88 Å². The molecule has 142 valence electrons. The Hall–Kier alpha value is -2.24. The van der Waals surface area contributed by atoms with Gasteiger partial charge in [-0.2, -0.15) is 0 Å². The molecule has 2 saturated heterocycles. The van der Waals surface area contributed by atoms with Gasteiger partial charge in [0.05, 0.1) is 24.2 Å². The minimum absolute atomic E-state index is 0.0763. The highest BCUT2D eigenvalue weighted by Gasteiger charge is 2.44. The molecular formula is C22H26N2O3. The average Bonchev–Trinajstić information content (AvgIpc) is 2.69. The zero-order chi connectivity index (χ0) is 18.7. The summed E-state index contributed by atoms with van der Waals surface area (Å²) in [5.41, 5.74) is 1.73. The summed E-state index contributed by atoms with van der Waals surface area (Å²) in [6.07, 6.45) is 6.24. The topological polar surface area (TPSA) is 62.7 Å². The largest absolute Gasteiger partial charge is 0.393 e. The van der Waals surface area contributed by atoms with E-state index in [1.807, 2.05) is 35.2 Å². The van der Waals surface area contributed by atoms with E-state index in [0.29, 0.717) is 32.4 Å². The van der Waals surface area contributed by atoms with E-state index in [1.54, 1.807) is 12.4 Å². The predicted octanol–water partition coefficient (Wildman–Crippen LogP) is 2.90. The van der Waals surface area contributed by atoms with Crippen LogP contribution < -0.4 is 0 Å². The van der Waals surface area contributed by atoms with E-state index in [-0.39, 0.29) is 23.7 Å². The molecule has 1 aromatic carbocycles. The molecular weight excluding hydrogens is 340 g/mol. The number of pyridine rings is 1. The van der Waals surface area contributed by atoms with Crippen molar-refractivity contribution >= 4 is 5.91 Å². The minimum Gasteiger partial charge on any atom is -0.393 e. The smallest absolute Gasteiger partial charge is 0.227 e. The highest BCUT2D eigenvalue weighted by Crippen LogP contribution is 2.42. The standard InChI is InChI=1S/C22H26N2O3/c25-19-14-20(18-6-2-1-3-7-18)27-22(15-19)8-11-24(12-9-22)21(26)13-17-5-4-10-23-16-17/h1-7,10,16,19-20,25H,8-9,11-15H2/t19-,20-/m1/s1. The SMILES string of the molecule is O=C(Cc1cccnc1)N1CCC2(CC1)C[C@H](O)C[C@H](c1ccccc1)O2. The molecule has 4 rings (SSSR count). The van der Waals surface area contributed by atoms with Crippen LogP contribution in [0.1, 0.15) is 42.9 Å². The minimum atomic E-state index is -0.360. The van der Waals surface area contributed by atoms with Gasteiger partial charge in [0.25, 0.3) is 0 Å². The molecule has 2 aliphatic rings. The number of aliphatic hydroxyl groups excluding tert-OH is 1. The van der Waals surface area contributed by atoms with Crippen LogP contribution in [0.25, 0.3) is 0 Å². The summed E-state index contributed by atoms with van der Waals surface area (Å²) in [7, 11) is 0. The van der Waals surface area contributed by atoms with E-state index >= 15 is 0 Å². The van der Waals surface area contributed by atoms with Crippen LogP contribution in [0.15, 0.2) is 54.9 Å². The fourth-order valence-electron chi connectivity index (χ4n) is 4.30. The van der Waals surface area contributed by atoms with Gasteiger partial charge in [-0.05, 0) is 30.0 Å². The number of aromatic nitrogens is 1. The first-order chi connectivity index (χ1) is 13.1. The van der Waals surface area contributed by atoms with E-state index in [4.69, 9.17) is 4.74 Å². The number of carbonyl (C=O) groups excluding carboxylic acids is 1. The second-order valence-corrected chi connectivity index (χ2v) is 7.71. The van der Waals surface area contributed by atoms with Crippen molar-refractivity contribution in [3.63, 3.8) is 0 Å². The first-order valence-electron chi connectivity index (χ1n) is 9.71. The van der Waals surface area contributed by atoms with Crippen LogP contribution in [0.3, 0.4) is 0 Å². The van der Waals surface area contributed by atoms with Crippen molar-refractivity contribution in [2.45, 2.75) is 49.9 Å². The normalized spacial score (nSPS) is 24.7. The summed E-state index contributed by atoms with van der Waals surface area (Å²) in [4.78, 5) is 18.6. The first kappa shape index (κ1) is 18.1. The van der Waals surface area contributed by atoms with Crippen LogP contribution in [0.2, 0.25) is 0 Å². The van der Waals surface area contributed by atoms with Gasteiger partial charge in [0.2, 0.25) is 5.91 Å². The van der Waals surface area contributed by atoms with Gasteiger partial charge >= 0.3 is 0 Å². The predicted molar refractivity (Wildman–Crippen MR) is 102 cm³/mol. The lowest BCUT2D eigenvalue weighted by molar-refractivity contribution is -0.185. The summed E-state index contributed by atoms with van der Waals surface area (Å²) < 4.78 is 6.51. The molecule has 2 fully saturated rings. The van der Waals surface area contributed by atoms with Crippen LogP contribution in [-0.2, 0) is 16.0 Å². The Bertz CT molecular complexity index is 758. The number of hydrogen-bond donors (Lipinski definition) is 1. The Morgan fingerprint density at radius 3 is 2.67 bits per heavy atom. The molecule has 0 unspecified atom stereocenters. The molecule has 1 spiro atoms. The van der Waals surface area contributed by atoms with Gasteiger partial charge in [-0.3, -0.25) is 9.78 Å². The number of aliphatic hydroxyl groups is 1. The van der Waals surface area contributed by atoms with E-state index in [0.717, 1.165) is 24.0 Å². The van der Waals surface area contributed by atoms with Gasteiger partial charge in [-0.15, -0.1) is 0 Å². The number of ether oxygens (including phenoxy) is 1. The Morgan fingerprint density at radius 1 is 1.19 bits per heavy atom. The average molecular weight is 366 g/mol. The molecule has 1 amide bonds. The molecule has 5 heteroatoms. The fraction of sp³-hybridized carbons (Fsp3) is 0.455. The number of hydrogen-bond acceptors (Lipinski definition) is 4. The van der Waals surface area contributed by atoms with E-state index in [2.05, 4.69) is 17.1 Å². The van der Waals surface area contributed by atoms with Gasteiger partial charge in [-0.25, -0.2) is 0 Å². The van der Waals surface area contributed by atoms with Crippen LogP contribution in [0.5, 0.6) is 0 Å². The van der Waals surface area contributed by atoms with Crippen molar-refractivity contribution in [3.8, 4) is 0 Å². The highest BCUT2D eigenvalue weighted by atomic mass is 16.5. The molecule has 0 radical (unpaired) electrons. The maximum atomic E-state index is 12.6. The summed E-state index contributed by atoms with van der Waals surface area (Å²) in [5.74, 6) is 0.133. The molecule has 0 saturated carbocycles. The van der Waals surface area contributed by atoms with Crippen LogP contribution in [0.4, 0.5) is 0 Å². The second kappa shape index (κ2) is 7.79. The Balaban J connectivity index is 1.39. The van der Waals surface area contributed by atoms with Crippen molar-refractivity contribution in [2.24, 2.45) is 0 Å². The van der Waals surface area contributed by atoms with Gasteiger partial charge < -0.3 is 14.7 Å². The lowest BCUT2D eigenvalue weighted by atomic mass is 9.81. The summed E-state index contributed by atoms with van der Waals surface area (Å²) in [5, 5.41) is 10.5. The van der Waals surface area contributed by atoms with Gasteiger partial charge in [0.15, 0.2) is 0 Å². The Labute approximate surface area is 160 Å². The zero-order valence-corrected chi connectivity index (χ0v) is 15.5. The van der Waals surface area contributed by atoms with E-state index < -0.39 is 0 Å². The van der Waals surface area contributed by atoms with Crippen LogP contribution in [-0.4, -0.2) is 45.7 Å². The van der Waals surface area contributed by atoms with Gasteiger partial charge in [0, 0.05) is 38.3 Å². The van der Waals surface area contributed by atoms with Crippen molar-refractivity contribution < 1.29 is 14.6 Å². The maximum Gasteiger partial charge on any atom is 0.227 e. The molecule has 1 N–H and O–H groups in total. The zero-order valence-electron chi connectivity index (χ0n) is 15.5. The first-order valence-corrected chi connectivity index (χ1v) is 9.71. The molecule has 0 bridgehead atoms. The molecule has 27 heavy (non-hydrogen) atoms. The van der Waals surface area contributed by atoms with E-state index in [1.165, 1.54) is 0 Å². The highest BCUT2D eigenvalue weighted by molar-refractivity contribution is 5.78. The second-order valence-electron chi connectivity index (χ2n) is 7.71. The quantitative estimate of drug-likeness (QED) is 0.907. The molecule has 0 aliphatic carbocycles. The Morgan fingerprint density at radius 2 is 1.96 bits per heavy atom. The number of benzene rings is 1. The lowest BCUT2D eigenvalue weighted by Crippen LogP contribution is -2.52.